The Balaban J connectivity index is 2.56. The topological polar surface area (TPSA) is 18.5 Å². The van der Waals surface area contributed by atoms with Gasteiger partial charge in [0.05, 0.1) is 6.61 Å². The van der Waals surface area contributed by atoms with E-state index in [9.17, 15) is 13.2 Å². The summed E-state index contributed by atoms with van der Waals surface area (Å²) in [4.78, 5) is 0. The SMILES string of the molecule is CC1(F)CCOC(F)(F)O1. The average molecular weight is 156 g/mol. The predicted molar refractivity (Wildman–Crippen MR) is 26.1 cm³/mol. The molecular weight excluding hydrogens is 149 g/mol. The molecule has 0 aliphatic carbocycles. The second-order valence-electron chi connectivity index (χ2n) is 2.27. The molecule has 0 bridgehead atoms. The van der Waals surface area contributed by atoms with E-state index in [0.717, 1.165) is 6.92 Å². The van der Waals surface area contributed by atoms with E-state index in [4.69, 9.17) is 0 Å². The summed E-state index contributed by atoms with van der Waals surface area (Å²) in [6.07, 6.45) is -3.93. The minimum Gasteiger partial charge on any atom is -0.295 e. The lowest BCUT2D eigenvalue weighted by Gasteiger charge is -2.30. The lowest BCUT2D eigenvalue weighted by atomic mass is 10.2. The van der Waals surface area contributed by atoms with Gasteiger partial charge in [0.1, 0.15) is 0 Å². The van der Waals surface area contributed by atoms with Gasteiger partial charge >= 0.3 is 6.29 Å². The highest BCUT2D eigenvalue weighted by atomic mass is 19.3. The lowest BCUT2D eigenvalue weighted by Crippen LogP contribution is -2.42. The summed E-state index contributed by atoms with van der Waals surface area (Å²) < 4.78 is 44.1. The molecule has 0 radical (unpaired) electrons. The summed E-state index contributed by atoms with van der Waals surface area (Å²) >= 11 is 0. The van der Waals surface area contributed by atoms with Crippen LogP contribution in [0.15, 0.2) is 0 Å². The monoisotopic (exact) mass is 156 g/mol. The molecule has 1 aliphatic heterocycles. The summed E-state index contributed by atoms with van der Waals surface area (Å²) in [5.41, 5.74) is 0. The highest BCUT2D eigenvalue weighted by Crippen LogP contribution is 2.33. The lowest BCUT2D eigenvalue weighted by molar-refractivity contribution is -0.466. The number of halogens is 3. The molecule has 60 valence electrons. The van der Waals surface area contributed by atoms with Crippen LogP contribution in [-0.4, -0.2) is 18.8 Å². The number of alkyl halides is 3. The van der Waals surface area contributed by atoms with Crippen LogP contribution in [0, 0.1) is 0 Å². The zero-order valence-corrected chi connectivity index (χ0v) is 5.36. The van der Waals surface area contributed by atoms with Crippen LogP contribution in [0.4, 0.5) is 13.2 Å². The smallest absolute Gasteiger partial charge is 0.295 e. The van der Waals surface area contributed by atoms with Crippen LogP contribution in [0.5, 0.6) is 0 Å². The molecule has 0 aromatic heterocycles. The van der Waals surface area contributed by atoms with Gasteiger partial charge < -0.3 is 0 Å². The molecule has 0 amide bonds. The fourth-order valence-electron chi connectivity index (χ4n) is 0.680. The van der Waals surface area contributed by atoms with Crippen molar-refractivity contribution in [3.05, 3.63) is 0 Å². The van der Waals surface area contributed by atoms with Crippen molar-refractivity contribution in [3.8, 4) is 0 Å². The van der Waals surface area contributed by atoms with Gasteiger partial charge in [0.15, 0.2) is 0 Å². The summed E-state index contributed by atoms with van der Waals surface area (Å²) in [5, 5.41) is 0. The van der Waals surface area contributed by atoms with Gasteiger partial charge in [0.2, 0.25) is 5.85 Å². The quantitative estimate of drug-likeness (QED) is 0.531. The molecule has 5 heteroatoms. The fraction of sp³-hybridized carbons (Fsp3) is 1.00. The molecule has 0 saturated carbocycles. The molecule has 1 fully saturated rings. The van der Waals surface area contributed by atoms with Crippen molar-refractivity contribution in [2.75, 3.05) is 6.61 Å². The number of hydrogen-bond donors (Lipinski definition) is 0. The van der Waals surface area contributed by atoms with Gasteiger partial charge in [-0.1, -0.05) is 0 Å². The summed E-state index contributed by atoms with van der Waals surface area (Å²) in [7, 11) is 0. The Kier molecular flexibility index (Phi) is 1.64. The van der Waals surface area contributed by atoms with E-state index in [1.807, 2.05) is 0 Å². The van der Waals surface area contributed by atoms with Gasteiger partial charge in [0, 0.05) is 6.42 Å². The maximum absolute atomic E-state index is 12.6. The van der Waals surface area contributed by atoms with Gasteiger partial charge in [-0.05, 0) is 6.92 Å². The van der Waals surface area contributed by atoms with Crippen molar-refractivity contribution in [2.45, 2.75) is 25.5 Å². The van der Waals surface area contributed by atoms with E-state index in [0.29, 0.717) is 0 Å². The van der Waals surface area contributed by atoms with Gasteiger partial charge in [-0.2, -0.15) is 0 Å². The van der Waals surface area contributed by atoms with Crippen molar-refractivity contribution >= 4 is 0 Å². The maximum Gasteiger partial charge on any atom is 0.488 e. The zero-order valence-electron chi connectivity index (χ0n) is 5.36. The third-order valence-electron chi connectivity index (χ3n) is 1.15. The van der Waals surface area contributed by atoms with Crippen LogP contribution in [-0.2, 0) is 9.47 Å². The van der Waals surface area contributed by atoms with Crippen molar-refractivity contribution < 1.29 is 22.6 Å². The number of ether oxygens (including phenoxy) is 2. The molecule has 10 heavy (non-hydrogen) atoms. The first-order valence-electron chi connectivity index (χ1n) is 2.82. The third-order valence-corrected chi connectivity index (χ3v) is 1.15. The van der Waals surface area contributed by atoms with E-state index in [1.165, 1.54) is 0 Å². The summed E-state index contributed by atoms with van der Waals surface area (Å²) in [6, 6.07) is 0. The molecule has 0 spiro atoms. The van der Waals surface area contributed by atoms with Crippen LogP contribution >= 0.6 is 0 Å². The van der Waals surface area contributed by atoms with Gasteiger partial charge in [-0.25, -0.2) is 4.39 Å². The molecule has 0 aromatic carbocycles. The van der Waals surface area contributed by atoms with Gasteiger partial charge in [-0.15, -0.1) is 8.78 Å². The summed E-state index contributed by atoms with van der Waals surface area (Å²) in [6.45, 7) is 0.628. The maximum atomic E-state index is 12.6. The van der Waals surface area contributed by atoms with E-state index in [-0.39, 0.29) is 13.0 Å². The third kappa shape index (κ3) is 1.85. The first kappa shape index (κ1) is 7.81. The molecule has 1 atom stereocenters. The molecule has 1 aliphatic rings. The van der Waals surface area contributed by atoms with Crippen molar-refractivity contribution in [3.63, 3.8) is 0 Å². The first-order valence-corrected chi connectivity index (χ1v) is 2.82. The minimum absolute atomic E-state index is 0.164. The Morgan fingerprint density at radius 1 is 1.30 bits per heavy atom. The Bertz CT molecular complexity index is 121. The van der Waals surface area contributed by atoms with E-state index < -0.39 is 12.1 Å². The largest absolute Gasteiger partial charge is 0.488 e. The van der Waals surface area contributed by atoms with Crippen molar-refractivity contribution in [1.82, 2.24) is 0 Å². The second-order valence-corrected chi connectivity index (χ2v) is 2.27. The standard InChI is InChI=1S/C5H7F3O2/c1-4(6)2-3-9-5(7,8)10-4/h2-3H2,1H3. The predicted octanol–water partition coefficient (Wildman–Crippen LogP) is 1.66. The van der Waals surface area contributed by atoms with E-state index in [2.05, 4.69) is 9.47 Å². The molecule has 1 rings (SSSR count). The molecule has 0 N–H and O–H groups in total. The van der Waals surface area contributed by atoms with Crippen molar-refractivity contribution in [1.29, 1.82) is 0 Å². The van der Waals surface area contributed by atoms with Gasteiger partial charge in [-0.3, -0.25) is 9.47 Å². The fourth-order valence-corrected chi connectivity index (χ4v) is 0.680. The van der Waals surface area contributed by atoms with Crippen LogP contribution in [0.3, 0.4) is 0 Å². The highest BCUT2D eigenvalue weighted by Gasteiger charge is 2.46. The highest BCUT2D eigenvalue weighted by molar-refractivity contribution is 4.65. The van der Waals surface area contributed by atoms with Crippen LogP contribution in [0.1, 0.15) is 13.3 Å². The first-order chi connectivity index (χ1) is 4.41. The molecule has 0 aromatic rings. The Morgan fingerprint density at radius 2 is 1.90 bits per heavy atom. The second kappa shape index (κ2) is 2.10. The normalized spacial score (nSPS) is 39.6. The molecule has 1 heterocycles. The molecular formula is C5H7F3O2. The Labute approximate surface area is 55.9 Å². The van der Waals surface area contributed by atoms with Crippen LogP contribution in [0.25, 0.3) is 0 Å². The van der Waals surface area contributed by atoms with E-state index in [1.54, 1.807) is 0 Å². The number of rotatable bonds is 0. The zero-order chi connectivity index (χ0) is 7.83. The molecule has 1 unspecified atom stereocenters. The summed E-state index contributed by atoms with van der Waals surface area (Å²) in [5.74, 6) is -2.26. The minimum atomic E-state index is -3.76. The average Bonchev–Trinajstić information content (AvgIpc) is 1.56. The van der Waals surface area contributed by atoms with Crippen molar-refractivity contribution in [2.24, 2.45) is 0 Å². The van der Waals surface area contributed by atoms with Crippen LogP contribution in [0.2, 0.25) is 0 Å². The van der Waals surface area contributed by atoms with Gasteiger partial charge in [0.25, 0.3) is 0 Å². The molecule has 2 nitrogen and oxygen atoms in total. The van der Waals surface area contributed by atoms with E-state index >= 15 is 0 Å². The Hall–Kier alpha value is -0.290. The van der Waals surface area contributed by atoms with Crippen LogP contribution < -0.4 is 0 Å². The number of hydrogen-bond acceptors (Lipinski definition) is 2. The Morgan fingerprint density at radius 3 is 2.20 bits per heavy atom. The molecule has 1 saturated heterocycles.